The third-order valence-electron chi connectivity index (χ3n) is 4.21. The predicted octanol–water partition coefficient (Wildman–Crippen LogP) is 3.14. The van der Waals surface area contributed by atoms with Crippen LogP contribution >= 0.6 is 0 Å². The number of aromatic nitrogens is 2. The van der Waals surface area contributed by atoms with E-state index in [0.717, 1.165) is 50.9 Å². The molecule has 21 heavy (non-hydrogen) atoms. The van der Waals surface area contributed by atoms with Crippen LogP contribution in [0.3, 0.4) is 0 Å². The van der Waals surface area contributed by atoms with Crippen molar-refractivity contribution < 1.29 is 9.53 Å². The number of likely N-dealkylation sites (tertiary alicyclic amines) is 1. The summed E-state index contributed by atoms with van der Waals surface area (Å²) in [7, 11) is 2.01. The topological polar surface area (TPSA) is 47.4 Å². The highest BCUT2D eigenvalue weighted by Crippen LogP contribution is 2.22. The molecule has 1 aromatic rings. The number of aryl methyl sites for hydroxylation is 2. The fraction of sp³-hybridized carbons (Fsp3) is 0.750. The Labute approximate surface area is 127 Å². The molecule has 1 amide bonds. The van der Waals surface area contributed by atoms with E-state index in [2.05, 4.69) is 11.9 Å². The number of nitrogens with zero attached hydrogens (tertiary/aromatic N) is 3. The van der Waals surface area contributed by atoms with Gasteiger partial charge in [0.25, 0.3) is 0 Å². The Morgan fingerprint density at radius 2 is 2.33 bits per heavy atom. The minimum Gasteiger partial charge on any atom is -0.449 e. The quantitative estimate of drug-likeness (QED) is 0.757. The molecule has 2 heterocycles. The van der Waals surface area contributed by atoms with Crippen molar-refractivity contribution in [1.29, 1.82) is 0 Å². The van der Waals surface area contributed by atoms with Gasteiger partial charge in [-0.1, -0.05) is 13.3 Å². The maximum Gasteiger partial charge on any atom is 0.410 e. The van der Waals surface area contributed by atoms with Gasteiger partial charge in [-0.25, -0.2) is 9.78 Å². The molecule has 1 aliphatic heterocycles. The van der Waals surface area contributed by atoms with Crippen LogP contribution in [0.25, 0.3) is 0 Å². The van der Waals surface area contributed by atoms with Crippen LogP contribution in [0.4, 0.5) is 4.79 Å². The zero-order chi connectivity index (χ0) is 15.1. The maximum atomic E-state index is 12.2. The lowest BCUT2D eigenvalue weighted by Gasteiger charge is -2.35. The lowest BCUT2D eigenvalue weighted by atomic mass is 9.98. The molecular weight excluding hydrogens is 266 g/mol. The third kappa shape index (κ3) is 4.48. The van der Waals surface area contributed by atoms with E-state index in [0.29, 0.717) is 12.6 Å². The van der Waals surface area contributed by atoms with Gasteiger partial charge in [-0.3, -0.25) is 0 Å². The SMILES string of the molecule is CCCCOC(=O)N1CCCC[C@@H]1CCc1nccn1C. The van der Waals surface area contributed by atoms with Gasteiger partial charge < -0.3 is 14.2 Å². The first kappa shape index (κ1) is 15.9. The Bertz CT molecular complexity index is 444. The number of amides is 1. The molecule has 2 rings (SSSR count). The number of ether oxygens (including phenoxy) is 1. The van der Waals surface area contributed by atoms with Crippen LogP contribution in [0.1, 0.15) is 51.3 Å². The van der Waals surface area contributed by atoms with E-state index in [4.69, 9.17) is 4.74 Å². The van der Waals surface area contributed by atoms with Crippen molar-refractivity contribution >= 4 is 6.09 Å². The van der Waals surface area contributed by atoms with Gasteiger partial charge in [0.2, 0.25) is 0 Å². The molecule has 0 unspecified atom stereocenters. The minimum atomic E-state index is -0.131. The van der Waals surface area contributed by atoms with Crippen molar-refractivity contribution in [1.82, 2.24) is 14.5 Å². The van der Waals surface area contributed by atoms with Crippen LogP contribution in [-0.2, 0) is 18.2 Å². The van der Waals surface area contributed by atoms with E-state index in [9.17, 15) is 4.79 Å². The third-order valence-corrected chi connectivity index (χ3v) is 4.21. The molecule has 1 aliphatic rings. The zero-order valence-corrected chi connectivity index (χ0v) is 13.3. The van der Waals surface area contributed by atoms with E-state index >= 15 is 0 Å². The molecule has 118 valence electrons. The maximum absolute atomic E-state index is 12.2. The summed E-state index contributed by atoms with van der Waals surface area (Å²) in [4.78, 5) is 18.5. The molecular formula is C16H27N3O2. The molecule has 5 heteroatoms. The van der Waals surface area contributed by atoms with Crippen molar-refractivity contribution in [2.45, 2.75) is 57.9 Å². The Kier molecular flexibility index (Phi) is 6.08. The number of hydrogen-bond donors (Lipinski definition) is 0. The molecule has 0 spiro atoms. The van der Waals surface area contributed by atoms with E-state index in [1.807, 2.05) is 28.9 Å². The summed E-state index contributed by atoms with van der Waals surface area (Å²) in [6.07, 6.45) is 10.9. The molecule has 1 atom stereocenters. The smallest absolute Gasteiger partial charge is 0.410 e. The lowest BCUT2D eigenvalue weighted by Crippen LogP contribution is -2.44. The zero-order valence-electron chi connectivity index (χ0n) is 13.3. The molecule has 0 saturated carbocycles. The molecule has 0 bridgehead atoms. The minimum absolute atomic E-state index is 0.131. The molecule has 1 fully saturated rings. The second-order valence-corrected chi connectivity index (χ2v) is 5.80. The summed E-state index contributed by atoms with van der Waals surface area (Å²) in [5, 5.41) is 0. The number of unbranched alkanes of at least 4 members (excludes halogenated alkanes) is 1. The van der Waals surface area contributed by atoms with Crippen LogP contribution in [0.15, 0.2) is 12.4 Å². The van der Waals surface area contributed by atoms with Crippen LogP contribution < -0.4 is 0 Å². The number of rotatable bonds is 6. The van der Waals surface area contributed by atoms with Crippen LogP contribution in [-0.4, -0.2) is 39.7 Å². The van der Waals surface area contributed by atoms with Gasteiger partial charge >= 0.3 is 6.09 Å². The van der Waals surface area contributed by atoms with Gasteiger partial charge in [0.05, 0.1) is 6.61 Å². The van der Waals surface area contributed by atoms with E-state index in [-0.39, 0.29) is 6.09 Å². The first-order valence-corrected chi connectivity index (χ1v) is 8.12. The summed E-state index contributed by atoms with van der Waals surface area (Å²) in [5.41, 5.74) is 0. The van der Waals surface area contributed by atoms with Gasteiger partial charge in [0.15, 0.2) is 0 Å². The monoisotopic (exact) mass is 293 g/mol. The molecule has 0 aliphatic carbocycles. The average molecular weight is 293 g/mol. The summed E-state index contributed by atoms with van der Waals surface area (Å²) >= 11 is 0. The standard InChI is InChI=1S/C16H27N3O2/c1-3-4-13-21-16(20)19-11-6-5-7-14(19)8-9-15-17-10-12-18(15)2/h10,12,14H,3-9,11,13H2,1-2H3/t14-/m1/s1. The second kappa shape index (κ2) is 8.05. The molecule has 1 aromatic heterocycles. The van der Waals surface area contributed by atoms with Crippen molar-refractivity contribution in [2.24, 2.45) is 7.05 Å². The fourth-order valence-electron chi connectivity index (χ4n) is 2.86. The average Bonchev–Trinajstić information content (AvgIpc) is 2.91. The van der Waals surface area contributed by atoms with Gasteiger partial charge in [-0.05, 0) is 32.1 Å². The molecule has 0 N–H and O–H groups in total. The summed E-state index contributed by atoms with van der Waals surface area (Å²) < 4.78 is 7.43. The largest absolute Gasteiger partial charge is 0.449 e. The normalized spacial score (nSPS) is 18.8. The van der Waals surface area contributed by atoms with E-state index < -0.39 is 0 Å². The van der Waals surface area contributed by atoms with E-state index in [1.54, 1.807) is 0 Å². The van der Waals surface area contributed by atoms with Gasteiger partial charge in [-0.15, -0.1) is 0 Å². The van der Waals surface area contributed by atoms with E-state index in [1.165, 1.54) is 6.42 Å². The van der Waals surface area contributed by atoms with Gasteiger partial charge in [-0.2, -0.15) is 0 Å². The van der Waals surface area contributed by atoms with Gasteiger partial charge in [0, 0.05) is 38.4 Å². The summed E-state index contributed by atoms with van der Waals surface area (Å²) in [5.74, 6) is 1.08. The molecule has 0 aromatic carbocycles. The van der Waals surface area contributed by atoms with Crippen molar-refractivity contribution in [2.75, 3.05) is 13.2 Å². The Morgan fingerprint density at radius 3 is 3.05 bits per heavy atom. The number of piperidine rings is 1. The number of hydrogen-bond acceptors (Lipinski definition) is 3. The highest BCUT2D eigenvalue weighted by molar-refractivity contribution is 5.68. The molecule has 0 radical (unpaired) electrons. The van der Waals surface area contributed by atoms with Crippen LogP contribution in [0.5, 0.6) is 0 Å². The molecule has 1 saturated heterocycles. The van der Waals surface area contributed by atoms with Crippen molar-refractivity contribution in [3.63, 3.8) is 0 Å². The highest BCUT2D eigenvalue weighted by Gasteiger charge is 2.27. The predicted molar refractivity (Wildman–Crippen MR) is 82.1 cm³/mol. The number of carbonyl (C=O) groups excluding carboxylic acids is 1. The van der Waals surface area contributed by atoms with Crippen molar-refractivity contribution in [3.05, 3.63) is 18.2 Å². The highest BCUT2D eigenvalue weighted by atomic mass is 16.6. The Hall–Kier alpha value is -1.52. The first-order valence-electron chi connectivity index (χ1n) is 8.12. The lowest BCUT2D eigenvalue weighted by molar-refractivity contribution is 0.0700. The first-order chi connectivity index (χ1) is 10.2. The number of carbonyl (C=O) groups is 1. The summed E-state index contributed by atoms with van der Waals surface area (Å²) in [6, 6.07) is 0.296. The second-order valence-electron chi connectivity index (χ2n) is 5.80. The van der Waals surface area contributed by atoms with Crippen LogP contribution in [0, 0.1) is 0 Å². The Balaban J connectivity index is 1.86. The fourth-order valence-corrected chi connectivity index (χ4v) is 2.86. The Morgan fingerprint density at radius 1 is 1.48 bits per heavy atom. The molecule has 5 nitrogen and oxygen atoms in total. The van der Waals surface area contributed by atoms with Crippen molar-refractivity contribution in [3.8, 4) is 0 Å². The van der Waals surface area contributed by atoms with Crippen LogP contribution in [0.2, 0.25) is 0 Å². The van der Waals surface area contributed by atoms with Gasteiger partial charge in [0.1, 0.15) is 5.82 Å². The summed E-state index contributed by atoms with van der Waals surface area (Å²) in [6.45, 7) is 3.47. The number of imidazole rings is 1.